The monoisotopic (exact) mass is 329 g/mol. The Morgan fingerprint density at radius 2 is 1.95 bits per heavy atom. The summed E-state index contributed by atoms with van der Waals surface area (Å²) in [7, 11) is 0. The zero-order valence-corrected chi connectivity index (χ0v) is 13.1. The summed E-state index contributed by atoms with van der Waals surface area (Å²) in [5.74, 6) is 0.443. The number of aromatic nitrogens is 2. The van der Waals surface area contributed by atoms with Crippen molar-refractivity contribution in [2.24, 2.45) is 5.92 Å². The Labute approximate surface area is 135 Å². The normalized spacial score (nSPS) is 20.1. The highest BCUT2D eigenvalue weighted by Gasteiger charge is 2.34. The molecule has 1 saturated heterocycles. The predicted molar refractivity (Wildman–Crippen MR) is 85.8 cm³/mol. The van der Waals surface area contributed by atoms with Gasteiger partial charge in [0.2, 0.25) is 0 Å². The molecule has 21 heavy (non-hydrogen) atoms. The first-order chi connectivity index (χ1) is 9.34. The Morgan fingerprint density at radius 3 is 2.71 bits per heavy atom. The van der Waals surface area contributed by atoms with Gasteiger partial charge in [-0.25, -0.2) is 9.37 Å². The van der Waals surface area contributed by atoms with Crippen molar-refractivity contribution in [1.82, 2.24) is 14.9 Å². The lowest BCUT2D eigenvalue weighted by atomic mass is 9.86. The molecule has 2 aromatic rings. The van der Waals surface area contributed by atoms with Gasteiger partial charge in [0.15, 0.2) is 0 Å². The molecule has 3 heterocycles. The first-order valence-electron chi connectivity index (χ1n) is 6.87. The first-order valence-corrected chi connectivity index (χ1v) is 6.87. The molecule has 4 rings (SSSR count). The van der Waals surface area contributed by atoms with Gasteiger partial charge in [0, 0.05) is 5.56 Å². The molecule has 114 valence electrons. The van der Waals surface area contributed by atoms with Crippen LogP contribution in [0.1, 0.15) is 24.4 Å². The molecule has 1 fully saturated rings. The number of hydrogen-bond donors (Lipinski definition) is 1. The fraction of sp³-hybridized carbons (Fsp3) is 0.400. The number of benzene rings is 1. The SMILES string of the molecule is Cl.Cl.Fc1ccc2c(c1)-c1cncn1C2C1CCNCC1. The van der Waals surface area contributed by atoms with Crippen LogP contribution in [-0.2, 0) is 0 Å². The molecule has 2 aliphatic heterocycles. The minimum absolute atomic E-state index is 0. The summed E-state index contributed by atoms with van der Waals surface area (Å²) in [5, 5.41) is 3.40. The van der Waals surface area contributed by atoms with E-state index in [1.807, 2.05) is 18.6 Å². The fourth-order valence-electron chi connectivity index (χ4n) is 3.53. The number of nitrogens with zero attached hydrogens (tertiary/aromatic N) is 2. The van der Waals surface area contributed by atoms with Crippen molar-refractivity contribution < 1.29 is 4.39 Å². The topological polar surface area (TPSA) is 29.9 Å². The second kappa shape index (κ2) is 6.34. The van der Waals surface area contributed by atoms with Crippen molar-refractivity contribution in [2.45, 2.75) is 18.9 Å². The number of imidazole rings is 1. The molecule has 0 radical (unpaired) electrons. The second-order valence-corrected chi connectivity index (χ2v) is 5.45. The van der Waals surface area contributed by atoms with E-state index in [9.17, 15) is 4.39 Å². The molecule has 1 atom stereocenters. The average Bonchev–Trinajstić information content (AvgIpc) is 3.00. The molecule has 0 saturated carbocycles. The summed E-state index contributed by atoms with van der Waals surface area (Å²) >= 11 is 0. The van der Waals surface area contributed by atoms with E-state index >= 15 is 0 Å². The van der Waals surface area contributed by atoms with Crippen molar-refractivity contribution in [1.29, 1.82) is 0 Å². The number of hydrogen-bond acceptors (Lipinski definition) is 2. The van der Waals surface area contributed by atoms with Crippen LogP contribution in [0.2, 0.25) is 0 Å². The van der Waals surface area contributed by atoms with E-state index in [0.29, 0.717) is 12.0 Å². The van der Waals surface area contributed by atoms with E-state index in [4.69, 9.17) is 0 Å². The van der Waals surface area contributed by atoms with Crippen molar-refractivity contribution >= 4 is 24.8 Å². The van der Waals surface area contributed by atoms with E-state index < -0.39 is 0 Å². The third kappa shape index (κ3) is 2.56. The third-order valence-electron chi connectivity index (χ3n) is 4.41. The Morgan fingerprint density at radius 1 is 1.19 bits per heavy atom. The lowest BCUT2D eigenvalue weighted by Gasteiger charge is -2.29. The van der Waals surface area contributed by atoms with Crippen molar-refractivity contribution in [2.75, 3.05) is 13.1 Å². The Balaban J connectivity index is 0.000000807. The molecule has 6 heteroatoms. The molecule has 1 aromatic carbocycles. The Kier molecular flexibility index (Phi) is 4.91. The molecule has 3 nitrogen and oxygen atoms in total. The van der Waals surface area contributed by atoms with E-state index in [1.54, 1.807) is 12.1 Å². The lowest BCUT2D eigenvalue weighted by molar-refractivity contribution is 0.298. The van der Waals surface area contributed by atoms with Gasteiger partial charge in [0.05, 0.1) is 24.3 Å². The van der Waals surface area contributed by atoms with Crippen LogP contribution >= 0.6 is 24.8 Å². The summed E-state index contributed by atoms with van der Waals surface area (Å²) < 4.78 is 15.7. The zero-order valence-electron chi connectivity index (χ0n) is 11.5. The van der Waals surface area contributed by atoms with Gasteiger partial charge in [-0.3, -0.25) is 0 Å². The fourth-order valence-corrected chi connectivity index (χ4v) is 3.53. The molecule has 2 aliphatic rings. The maximum atomic E-state index is 13.5. The molecule has 0 amide bonds. The highest BCUT2D eigenvalue weighted by atomic mass is 35.5. The standard InChI is InChI=1S/C15H16FN3.2ClH/c16-11-1-2-12-13(7-11)14-8-18-9-19(14)15(12)10-3-5-17-6-4-10;;/h1-2,7-10,15,17H,3-6H2;2*1H. The van der Waals surface area contributed by atoms with Crippen molar-refractivity contribution in [3.05, 3.63) is 42.1 Å². The minimum atomic E-state index is -0.169. The maximum Gasteiger partial charge on any atom is 0.123 e. The Hall–Kier alpha value is -1.10. The molecular weight excluding hydrogens is 312 g/mol. The Bertz CT molecular complexity index is 623. The van der Waals surface area contributed by atoms with Gasteiger partial charge in [-0.2, -0.15) is 0 Å². The molecule has 1 unspecified atom stereocenters. The van der Waals surface area contributed by atoms with E-state index in [0.717, 1.165) is 24.3 Å². The van der Waals surface area contributed by atoms with Crippen LogP contribution in [0.15, 0.2) is 30.7 Å². The largest absolute Gasteiger partial charge is 0.323 e. The van der Waals surface area contributed by atoms with Gasteiger partial charge >= 0.3 is 0 Å². The second-order valence-electron chi connectivity index (χ2n) is 5.45. The van der Waals surface area contributed by atoms with Gasteiger partial charge < -0.3 is 9.88 Å². The van der Waals surface area contributed by atoms with E-state index in [1.165, 1.54) is 18.4 Å². The summed E-state index contributed by atoms with van der Waals surface area (Å²) in [6.07, 6.45) is 6.07. The minimum Gasteiger partial charge on any atom is -0.323 e. The summed E-state index contributed by atoms with van der Waals surface area (Å²) in [5.41, 5.74) is 3.32. The summed E-state index contributed by atoms with van der Waals surface area (Å²) in [6.45, 7) is 2.14. The van der Waals surface area contributed by atoms with Gasteiger partial charge in [-0.15, -0.1) is 24.8 Å². The molecule has 1 N–H and O–H groups in total. The van der Waals surface area contributed by atoms with E-state index in [-0.39, 0.29) is 30.6 Å². The average molecular weight is 330 g/mol. The van der Waals surface area contributed by atoms with Gasteiger partial charge in [-0.05, 0) is 49.5 Å². The third-order valence-corrected chi connectivity index (χ3v) is 4.41. The van der Waals surface area contributed by atoms with Crippen molar-refractivity contribution in [3.63, 3.8) is 0 Å². The summed E-state index contributed by atoms with van der Waals surface area (Å²) in [6, 6.07) is 5.50. The van der Waals surface area contributed by atoms with Crippen LogP contribution in [0.25, 0.3) is 11.3 Å². The number of fused-ring (bicyclic) bond motifs is 3. The number of rotatable bonds is 1. The quantitative estimate of drug-likeness (QED) is 0.868. The van der Waals surface area contributed by atoms with Crippen LogP contribution in [0.5, 0.6) is 0 Å². The predicted octanol–water partition coefficient (Wildman–Crippen LogP) is 3.44. The van der Waals surface area contributed by atoms with Gasteiger partial charge in [-0.1, -0.05) is 6.07 Å². The lowest BCUT2D eigenvalue weighted by Crippen LogP contribution is -2.32. The molecule has 1 aromatic heterocycles. The molecule has 0 bridgehead atoms. The molecule has 0 aliphatic carbocycles. The number of halogens is 3. The zero-order chi connectivity index (χ0) is 12.8. The highest BCUT2D eigenvalue weighted by Crippen LogP contribution is 2.45. The van der Waals surface area contributed by atoms with Crippen molar-refractivity contribution in [3.8, 4) is 11.3 Å². The number of piperidine rings is 1. The van der Waals surface area contributed by atoms with Crippen LogP contribution in [-0.4, -0.2) is 22.6 Å². The van der Waals surface area contributed by atoms with E-state index in [2.05, 4.69) is 14.9 Å². The van der Waals surface area contributed by atoms with Crippen LogP contribution < -0.4 is 5.32 Å². The molecular formula is C15H18Cl2FN3. The number of nitrogens with one attached hydrogen (secondary N) is 1. The smallest absolute Gasteiger partial charge is 0.123 e. The van der Waals surface area contributed by atoms with Crippen LogP contribution in [0.4, 0.5) is 4.39 Å². The van der Waals surface area contributed by atoms with Crippen LogP contribution in [0.3, 0.4) is 0 Å². The van der Waals surface area contributed by atoms with Gasteiger partial charge in [0.25, 0.3) is 0 Å². The maximum absolute atomic E-state index is 13.5. The van der Waals surface area contributed by atoms with Crippen LogP contribution in [0, 0.1) is 11.7 Å². The highest BCUT2D eigenvalue weighted by molar-refractivity contribution is 5.85. The first kappa shape index (κ1) is 16.3. The summed E-state index contributed by atoms with van der Waals surface area (Å²) in [4.78, 5) is 4.24. The van der Waals surface area contributed by atoms with Gasteiger partial charge in [0.1, 0.15) is 5.82 Å². The molecule has 0 spiro atoms.